The third kappa shape index (κ3) is 3.32. The van der Waals surface area contributed by atoms with Crippen molar-refractivity contribution in [3.05, 3.63) is 58.6 Å². The number of hydrogen-bond acceptors (Lipinski definition) is 4. The monoisotopic (exact) mass is 422 g/mol. The fraction of sp³-hybridized carbons (Fsp3) is 0.300. The number of urea groups is 1. The van der Waals surface area contributed by atoms with Crippen molar-refractivity contribution >= 4 is 46.6 Å². The molecule has 1 fully saturated rings. The van der Waals surface area contributed by atoms with E-state index in [1.165, 1.54) is 12.0 Å². The molecule has 1 aliphatic rings. The van der Waals surface area contributed by atoms with E-state index in [2.05, 4.69) is 0 Å². The van der Waals surface area contributed by atoms with Crippen LogP contribution >= 0.6 is 23.2 Å². The first-order valence-corrected chi connectivity index (χ1v) is 9.55. The number of ether oxygens (including phenoxy) is 1. The second-order valence-corrected chi connectivity index (χ2v) is 7.34. The molecule has 0 radical (unpaired) electrons. The largest absolute Gasteiger partial charge is 0.465 e. The minimum absolute atomic E-state index is 0.333. The highest BCUT2D eigenvalue weighted by molar-refractivity contribution is 6.31. The summed E-state index contributed by atoms with van der Waals surface area (Å²) in [6, 6.07) is 11.6. The maximum Gasteiger partial charge on any atom is 0.362 e. The SMILES string of the molecule is CCCC1N(c2ccc(Cl)cc2)C(=O)N(c2ccc(Cl)cc2)C1(O)C(=O)OC. The van der Waals surface area contributed by atoms with Gasteiger partial charge in [0, 0.05) is 21.4 Å². The van der Waals surface area contributed by atoms with Crippen molar-refractivity contribution in [1.82, 2.24) is 0 Å². The van der Waals surface area contributed by atoms with Crippen molar-refractivity contribution in [2.24, 2.45) is 0 Å². The van der Waals surface area contributed by atoms with E-state index in [9.17, 15) is 14.7 Å². The lowest BCUT2D eigenvalue weighted by Gasteiger charge is -2.33. The molecule has 3 rings (SSSR count). The quantitative estimate of drug-likeness (QED) is 0.721. The predicted molar refractivity (Wildman–Crippen MR) is 109 cm³/mol. The van der Waals surface area contributed by atoms with Gasteiger partial charge in [-0.05, 0) is 55.0 Å². The van der Waals surface area contributed by atoms with E-state index < -0.39 is 23.8 Å². The second-order valence-electron chi connectivity index (χ2n) is 6.46. The van der Waals surface area contributed by atoms with Crippen LogP contribution in [-0.4, -0.2) is 36.0 Å². The van der Waals surface area contributed by atoms with Crippen LogP contribution in [0.5, 0.6) is 0 Å². The van der Waals surface area contributed by atoms with Crippen LogP contribution in [0.4, 0.5) is 16.2 Å². The van der Waals surface area contributed by atoms with Crippen LogP contribution < -0.4 is 9.80 Å². The van der Waals surface area contributed by atoms with Crippen molar-refractivity contribution in [3.8, 4) is 0 Å². The Bertz CT molecular complexity index is 873. The van der Waals surface area contributed by atoms with E-state index in [-0.39, 0.29) is 0 Å². The molecule has 148 valence electrons. The van der Waals surface area contributed by atoms with Crippen LogP contribution in [0.25, 0.3) is 0 Å². The smallest absolute Gasteiger partial charge is 0.362 e. The molecular weight excluding hydrogens is 403 g/mol. The van der Waals surface area contributed by atoms with Crippen molar-refractivity contribution in [1.29, 1.82) is 0 Å². The molecule has 2 aromatic rings. The number of carbonyl (C=O) groups excluding carboxylic acids is 2. The highest BCUT2D eigenvalue weighted by atomic mass is 35.5. The lowest BCUT2D eigenvalue weighted by atomic mass is 9.97. The molecule has 1 heterocycles. The van der Waals surface area contributed by atoms with Crippen molar-refractivity contribution < 1.29 is 19.4 Å². The van der Waals surface area contributed by atoms with Gasteiger partial charge in [-0.1, -0.05) is 36.5 Å². The Morgan fingerprint density at radius 3 is 2.04 bits per heavy atom. The number of aliphatic hydroxyl groups is 1. The highest BCUT2D eigenvalue weighted by Gasteiger charge is 2.62. The van der Waals surface area contributed by atoms with E-state index in [0.717, 1.165) is 4.90 Å². The van der Waals surface area contributed by atoms with Gasteiger partial charge < -0.3 is 9.84 Å². The zero-order valence-corrected chi connectivity index (χ0v) is 16.9. The van der Waals surface area contributed by atoms with Gasteiger partial charge in [-0.15, -0.1) is 0 Å². The van der Waals surface area contributed by atoms with Crippen molar-refractivity contribution in [2.75, 3.05) is 16.9 Å². The van der Waals surface area contributed by atoms with Gasteiger partial charge in [-0.25, -0.2) is 9.59 Å². The zero-order valence-electron chi connectivity index (χ0n) is 15.4. The maximum absolute atomic E-state index is 13.4. The molecular formula is C20H20Cl2N2O4. The average molecular weight is 423 g/mol. The van der Waals surface area contributed by atoms with E-state index >= 15 is 0 Å². The molecule has 0 spiro atoms. The standard InChI is InChI=1S/C20H20Cl2N2O4/c1-3-4-17-20(27,18(25)28-2)24(16-11-7-14(22)8-12-16)19(26)23(17)15-9-5-13(21)6-10-15/h5-12,17,27H,3-4H2,1-2H3. The third-order valence-corrected chi connectivity index (χ3v) is 5.26. The summed E-state index contributed by atoms with van der Waals surface area (Å²) in [5, 5.41) is 12.5. The number of benzene rings is 2. The summed E-state index contributed by atoms with van der Waals surface area (Å²) in [4.78, 5) is 28.6. The second kappa shape index (κ2) is 7.99. The summed E-state index contributed by atoms with van der Waals surface area (Å²) in [5.41, 5.74) is -1.35. The summed E-state index contributed by atoms with van der Waals surface area (Å²) in [7, 11) is 1.18. The molecule has 1 saturated heterocycles. The Morgan fingerprint density at radius 1 is 1.07 bits per heavy atom. The van der Waals surface area contributed by atoms with E-state index in [0.29, 0.717) is 34.3 Å². The number of halogens is 2. The average Bonchev–Trinajstić information content (AvgIpc) is 2.91. The van der Waals surface area contributed by atoms with Crippen molar-refractivity contribution in [2.45, 2.75) is 31.5 Å². The molecule has 0 aromatic heterocycles. The lowest BCUT2D eigenvalue weighted by molar-refractivity contribution is -0.162. The molecule has 6 nitrogen and oxygen atoms in total. The number of amides is 2. The van der Waals surface area contributed by atoms with Gasteiger partial charge in [0.1, 0.15) is 0 Å². The van der Waals surface area contributed by atoms with Gasteiger partial charge in [-0.3, -0.25) is 9.80 Å². The number of anilines is 2. The number of rotatable bonds is 5. The Labute approximate surface area is 173 Å². The van der Waals surface area contributed by atoms with Crippen LogP contribution in [0.15, 0.2) is 48.5 Å². The van der Waals surface area contributed by atoms with Gasteiger partial charge >= 0.3 is 12.0 Å². The Balaban J connectivity index is 2.19. The number of nitrogens with zero attached hydrogens (tertiary/aromatic N) is 2. The van der Waals surface area contributed by atoms with Crippen LogP contribution in [0.2, 0.25) is 10.0 Å². The Hall–Kier alpha value is -2.28. The molecule has 0 saturated carbocycles. The number of hydrogen-bond donors (Lipinski definition) is 1. The van der Waals surface area contributed by atoms with Crippen LogP contribution in [0.1, 0.15) is 19.8 Å². The van der Waals surface area contributed by atoms with Gasteiger partial charge in [0.05, 0.1) is 13.2 Å². The fourth-order valence-electron chi connectivity index (χ4n) is 3.49. The molecule has 0 bridgehead atoms. The first-order valence-electron chi connectivity index (χ1n) is 8.80. The Morgan fingerprint density at radius 2 is 1.57 bits per heavy atom. The first kappa shape index (κ1) is 20.5. The molecule has 0 aliphatic carbocycles. The molecule has 2 atom stereocenters. The summed E-state index contributed by atoms with van der Waals surface area (Å²) in [6.07, 6.45) is 1.01. The summed E-state index contributed by atoms with van der Waals surface area (Å²) in [5.74, 6) is -0.911. The minimum Gasteiger partial charge on any atom is -0.465 e. The molecule has 1 N–H and O–H groups in total. The first-order chi connectivity index (χ1) is 13.3. The van der Waals surface area contributed by atoms with E-state index in [1.807, 2.05) is 6.92 Å². The maximum atomic E-state index is 13.4. The molecule has 8 heteroatoms. The van der Waals surface area contributed by atoms with Gasteiger partial charge in [0.2, 0.25) is 0 Å². The summed E-state index contributed by atoms with van der Waals surface area (Å²) < 4.78 is 4.88. The van der Waals surface area contributed by atoms with Crippen LogP contribution in [-0.2, 0) is 9.53 Å². The minimum atomic E-state index is -2.20. The van der Waals surface area contributed by atoms with E-state index in [1.54, 1.807) is 48.5 Å². The van der Waals surface area contributed by atoms with Crippen molar-refractivity contribution in [3.63, 3.8) is 0 Å². The van der Waals surface area contributed by atoms with Gasteiger partial charge in [0.15, 0.2) is 0 Å². The normalized spacial score (nSPS) is 21.9. The number of methoxy groups -OCH3 is 1. The summed E-state index contributed by atoms with van der Waals surface area (Å²) in [6.45, 7) is 1.91. The molecule has 1 aliphatic heterocycles. The van der Waals surface area contributed by atoms with Gasteiger partial charge in [-0.2, -0.15) is 0 Å². The predicted octanol–water partition coefficient (Wildman–Crippen LogP) is 4.47. The molecule has 28 heavy (non-hydrogen) atoms. The number of carbonyl (C=O) groups is 2. The van der Waals surface area contributed by atoms with Gasteiger partial charge in [0.25, 0.3) is 5.72 Å². The summed E-state index contributed by atoms with van der Waals surface area (Å²) >= 11 is 11.9. The topological polar surface area (TPSA) is 70.1 Å². The van der Waals surface area contributed by atoms with Crippen LogP contribution in [0.3, 0.4) is 0 Å². The highest BCUT2D eigenvalue weighted by Crippen LogP contribution is 2.41. The number of esters is 1. The van der Waals surface area contributed by atoms with E-state index in [4.69, 9.17) is 27.9 Å². The molecule has 2 aromatic carbocycles. The third-order valence-electron chi connectivity index (χ3n) is 4.75. The lowest BCUT2D eigenvalue weighted by Crippen LogP contribution is -2.59. The zero-order chi connectivity index (χ0) is 20.5. The molecule has 2 unspecified atom stereocenters. The molecule has 2 amide bonds. The van der Waals surface area contributed by atoms with Crippen LogP contribution in [0, 0.1) is 0 Å². The Kier molecular flexibility index (Phi) is 5.84. The fourth-order valence-corrected chi connectivity index (χ4v) is 3.74.